The highest BCUT2D eigenvalue weighted by molar-refractivity contribution is 9.10. The molecule has 3 aromatic carbocycles. The normalized spacial score (nSPS) is 22.8. The first-order valence-electron chi connectivity index (χ1n) is 10.9. The summed E-state index contributed by atoms with van der Waals surface area (Å²) in [5.74, 6) is 0.662. The Morgan fingerprint density at radius 3 is 2.53 bits per heavy atom. The molecule has 0 saturated carbocycles. The minimum atomic E-state index is -1.06. The maximum atomic E-state index is 13.8. The van der Waals surface area contributed by atoms with Crippen molar-refractivity contribution in [3.05, 3.63) is 82.3 Å². The van der Waals surface area contributed by atoms with Gasteiger partial charge in [-0.15, -0.1) is 0 Å². The predicted molar refractivity (Wildman–Crippen MR) is 140 cm³/mol. The topological polar surface area (TPSA) is 62.8 Å². The van der Waals surface area contributed by atoms with Crippen molar-refractivity contribution in [1.82, 2.24) is 5.32 Å². The molecule has 2 heterocycles. The number of fused-ring (bicyclic) bond motifs is 4. The summed E-state index contributed by atoms with van der Waals surface area (Å²) in [6.45, 7) is 3.96. The number of ether oxygens (including phenoxy) is 2. The van der Waals surface area contributed by atoms with E-state index < -0.39 is 11.6 Å². The van der Waals surface area contributed by atoms with Crippen LogP contribution in [0.2, 0.25) is 0 Å². The molecule has 0 spiro atoms. The summed E-state index contributed by atoms with van der Waals surface area (Å²) in [7, 11) is 1.61. The zero-order chi connectivity index (χ0) is 24.0. The van der Waals surface area contributed by atoms with Crippen LogP contribution in [0.1, 0.15) is 24.1 Å². The Hall–Kier alpha value is -3.10. The lowest BCUT2D eigenvalue weighted by Crippen LogP contribution is -2.72. The van der Waals surface area contributed by atoms with E-state index in [0.717, 1.165) is 32.8 Å². The molecule has 34 heavy (non-hydrogen) atoms. The Balaban J connectivity index is 1.59. The van der Waals surface area contributed by atoms with Crippen LogP contribution in [0.5, 0.6) is 11.5 Å². The average Bonchev–Trinajstić information content (AvgIpc) is 2.81. The second-order valence-corrected chi connectivity index (χ2v) is 9.93. The molecular weight excluding hydrogens is 514 g/mol. The Morgan fingerprint density at radius 2 is 1.85 bits per heavy atom. The summed E-state index contributed by atoms with van der Waals surface area (Å²) in [6.07, 6.45) is 0. The van der Waals surface area contributed by atoms with Gasteiger partial charge in [-0.2, -0.15) is 0 Å². The number of nitrogens with zero attached hydrogens (tertiary/aromatic N) is 1. The van der Waals surface area contributed by atoms with Gasteiger partial charge in [-0.05, 0) is 80.7 Å². The van der Waals surface area contributed by atoms with Crippen molar-refractivity contribution in [3.8, 4) is 11.5 Å². The molecule has 2 bridgehead atoms. The van der Waals surface area contributed by atoms with E-state index in [-0.39, 0.29) is 11.9 Å². The number of hydrogen-bond acceptors (Lipinski definition) is 4. The smallest absolute Gasteiger partial charge is 0.236 e. The molecule has 6 nitrogen and oxygen atoms in total. The highest BCUT2D eigenvalue weighted by Crippen LogP contribution is 2.50. The SMILES string of the molecule is COc1ccc(NC(=O)[C@@H]2[C@@H]3NC(=S)N(c4ccc(C)cc4)[C@]2(C)Oc2ccc(Br)cc23)cc1. The second-order valence-electron chi connectivity index (χ2n) is 8.63. The fraction of sp³-hybridized carbons (Fsp3) is 0.231. The molecule has 2 aliphatic rings. The van der Waals surface area contributed by atoms with Gasteiger partial charge in [0, 0.05) is 21.4 Å². The Kier molecular flexibility index (Phi) is 5.73. The van der Waals surface area contributed by atoms with E-state index in [1.54, 1.807) is 7.11 Å². The number of anilines is 2. The molecule has 3 aromatic rings. The lowest BCUT2D eigenvalue weighted by Gasteiger charge is -2.56. The summed E-state index contributed by atoms with van der Waals surface area (Å²) < 4.78 is 12.8. The number of amides is 1. The molecule has 5 rings (SSSR count). The second kappa shape index (κ2) is 8.60. The van der Waals surface area contributed by atoms with Gasteiger partial charge >= 0.3 is 0 Å². The maximum absolute atomic E-state index is 13.8. The van der Waals surface area contributed by atoms with Crippen LogP contribution in [0.15, 0.2) is 71.2 Å². The minimum absolute atomic E-state index is 0.171. The third-order valence-corrected chi connectivity index (χ3v) is 7.19. The molecule has 0 aromatic heterocycles. The van der Waals surface area contributed by atoms with Crippen molar-refractivity contribution in [2.45, 2.75) is 25.6 Å². The molecule has 174 valence electrons. The molecule has 1 amide bonds. The number of carbonyl (C=O) groups is 1. The summed E-state index contributed by atoms with van der Waals surface area (Å²) in [4.78, 5) is 15.7. The van der Waals surface area contributed by atoms with Crippen molar-refractivity contribution in [2.75, 3.05) is 17.3 Å². The zero-order valence-corrected chi connectivity index (χ0v) is 21.4. The predicted octanol–water partition coefficient (Wildman–Crippen LogP) is 5.57. The number of rotatable bonds is 4. The fourth-order valence-electron chi connectivity index (χ4n) is 4.73. The van der Waals surface area contributed by atoms with Gasteiger partial charge in [0.25, 0.3) is 0 Å². The van der Waals surface area contributed by atoms with Crippen molar-refractivity contribution in [3.63, 3.8) is 0 Å². The van der Waals surface area contributed by atoms with E-state index in [4.69, 9.17) is 21.7 Å². The van der Waals surface area contributed by atoms with Crippen LogP contribution in [-0.2, 0) is 4.79 Å². The van der Waals surface area contributed by atoms with Gasteiger partial charge < -0.3 is 20.1 Å². The third-order valence-electron chi connectivity index (χ3n) is 6.39. The molecule has 2 aliphatic heterocycles. The van der Waals surface area contributed by atoms with Crippen LogP contribution in [0.4, 0.5) is 11.4 Å². The molecule has 3 atom stereocenters. The number of hydrogen-bond donors (Lipinski definition) is 2. The van der Waals surface area contributed by atoms with E-state index in [1.807, 2.05) is 85.5 Å². The fourth-order valence-corrected chi connectivity index (χ4v) is 5.52. The van der Waals surface area contributed by atoms with Gasteiger partial charge in [0.05, 0.1) is 13.2 Å². The molecule has 8 heteroatoms. The van der Waals surface area contributed by atoms with Gasteiger partial charge in [-0.25, -0.2) is 0 Å². The molecule has 1 fully saturated rings. The molecule has 2 N–H and O–H groups in total. The largest absolute Gasteiger partial charge is 0.497 e. The molecule has 0 unspecified atom stereocenters. The first kappa shape index (κ1) is 22.7. The van der Waals surface area contributed by atoms with Gasteiger partial charge in [0.1, 0.15) is 17.4 Å². The molecule has 0 radical (unpaired) electrons. The third kappa shape index (κ3) is 3.80. The van der Waals surface area contributed by atoms with E-state index >= 15 is 0 Å². The molecular formula is C26H24BrN3O3S. The Labute approximate surface area is 212 Å². The molecule has 0 aliphatic carbocycles. The number of halogens is 1. The Bertz CT molecular complexity index is 1270. The van der Waals surface area contributed by atoms with Crippen LogP contribution in [0, 0.1) is 12.8 Å². The van der Waals surface area contributed by atoms with Crippen molar-refractivity contribution in [1.29, 1.82) is 0 Å². The lowest BCUT2D eigenvalue weighted by molar-refractivity contribution is -0.130. The Morgan fingerprint density at radius 1 is 1.15 bits per heavy atom. The standard InChI is InChI=1S/C26H24BrN3O3S/c1-15-4-9-18(10-5-15)30-25(34)29-23-20-14-16(27)6-13-21(20)33-26(30,2)22(23)24(31)28-17-7-11-19(32-3)12-8-17/h4-14,22-23H,1-3H3,(H,28,31)(H,29,34)/t22-,23+,26+/m0/s1. The summed E-state index contributed by atoms with van der Waals surface area (Å²) in [6, 6.07) is 20.8. The number of benzene rings is 3. The highest BCUT2D eigenvalue weighted by atomic mass is 79.9. The van der Waals surface area contributed by atoms with Crippen LogP contribution >= 0.6 is 28.1 Å². The monoisotopic (exact) mass is 537 g/mol. The van der Waals surface area contributed by atoms with E-state index in [2.05, 4.69) is 26.6 Å². The number of carbonyl (C=O) groups excluding carboxylic acids is 1. The lowest BCUT2D eigenvalue weighted by atomic mass is 9.78. The van der Waals surface area contributed by atoms with Crippen molar-refractivity contribution in [2.24, 2.45) is 5.92 Å². The average molecular weight is 538 g/mol. The van der Waals surface area contributed by atoms with Crippen molar-refractivity contribution >= 4 is 50.5 Å². The summed E-state index contributed by atoms with van der Waals surface area (Å²) >= 11 is 9.35. The minimum Gasteiger partial charge on any atom is -0.497 e. The van der Waals surface area contributed by atoms with Gasteiger partial charge in [0.15, 0.2) is 10.8 Å². The van der Waals surface area contributed by atoms with E-state index in [0.29, 0.717) is 10.8 Å². The quantitative estimate of drug-likeness (QED) is 0.424. The maximum Gasteiger partial charge on any atom is 0.236 e. The zero-order valence-electron chi connectivity index (χ0n) is 19.0. The number of methoxy groups -OCH3 is 1. The van der Waals surface area contributed by atoms with Gasteiger partial charge in [-0.3, -0.25) is 9.69 Å². The van der Waals surface area contributed by atoms with Crippen LogP contribution in [0.3, 0.4) is 0 Å². The number of thiocarbonyl (C=S) groups is 1. The first-order chi connectivity index (χ1) is 16.3. The van der Waals surface area contributed by atoms with Crippen LogP contribution in [-0.4, -0.2) is 23.9 Å². The van der Waals surface area contributed by atoms with Crippen LogP contribution < -0.4 is 25.0 Å². The number of aryl methyl sites for hydroxylation is 1. The number of nitrogens with one attached hydrogen (secondary N) is 2. The summed E-state index contributed by atoms with van der Waals surface area (Å²) in [5, 5.41) is 7.00. The van der Waals surface area contributed by atoms with E-state index in [9.17, 15) is 4.79 Å². The van der Waals surface area contributed by atoms with E-state index in [1.165, 1.54) is 0 Å². The summed E-state index contributed by atoms with van der Waals surface area (Å²) in [5.41, 5.74) is 2.49. The molecule has 1 saturated heterocycles. The van der Waals surface area contributed by atoms with Gasteiger partial charge in [-0.1, -0.05) is 33.6 Å². The highest BCUT2D eigenvalue weighted by Gasteiger charge is 2.59. The first-order valence-corrected chi connectivity index (χ1v) is 12.1. The van der Waals surface area contributed by atoms with Crippen LogP contribution in [0.25, 0.3) is 0 Å². The van der Waals surface area contributed by atoms with Crippen molar-refractivity contribution < 1.29 is 14.3 Å². The van der Waals surface area contributed by atoms with Gasteiger partial charge in [0.2, 0.25) is 5.91 Å².